The molecule has 0 aliphatic heterocycles. The van der Waals surface area contributed by atoms with E-state index < -0.39 is 11.8 Å². The van der Waals surface area contributed by atoms with Crippen LogP contribution in [0.15, 0.2) is 54.6 Å². The number of hydrogen-bond acceptors (Lipinski definition) is 3. The molecule has 0 spiro atoms. The van der Waals surface area contributed by atoms with E-state index in [2.05, 4.69) is 10.9 Å². The summed E-state index contributed by atoms with van der Waals surface area (Å²) in [5, 5.41) is 2.41. The number of carbonyl (C=O) groups is 2. The normalized spacial score (nSPS) is 10.4. The smallest absolute Gasteiger partial charge is 0.273 e. The van der Waals surface area contributed by atoms with E-state index in [0.717, 1.165) is 10.8 Å². The second kappa shape index (κ2) is 7.64. The van der Waals surface area contributed by atoms with Crippen molar-refractivity contribution >= 4 is 45.8 Å². The van der Waals surface area contributed by atoms with E-state index in [0.29, 0.717) is 16.3 Å². The molecule has 26 heavy (non-hydrogen) atoms. The molecule has 0 aliphatic carbocycles. The summed E-state index contributed by atoms with van der Waals surface area (Å²) in [4.78, 5) is 24.7. The Bertz CT molecular complexity index is 1010. The minimum Gasteiger partial charge on any atom is -0.496 e. The maximum atomic E-state index is 12.5. The minimum absolute atomic E-state index is 0.157. The van der Waals surface area contributed by atoms with Crippen LogP contribution in [0, 0.1) is 0 Å². The van der Waals surface area contributed by atoms with Gasteiger partial charge < -0.3 is 4.74 Å². The first-order valence-electron chi connectivity index (χ1n) is 7.62. The number of hydrogen-bond donors (Lipinski definition) is 2. The first-order chi connectivity index (χ1) is 12.5. The van der Waals surface area contributed by atoms with E-state index in [9.17, 15) is 9.59 Å². The molecule has 0 aliphatic rings. The molecule has 0 radical (unpaired) electrons. The molecule has 2 N–H and O–H groups in total. The molecule has 0 fully saturated rings. The van der Waals surface area contributed by atoms with E-state index >= 15 is 0 Å². The highest BCUT2D eigenvalue weighted by Gasteiger charge is 2.16. The predicted molar refractivity (Wildman–Crippen MR) is 102 cm³/mol. The highest BCUT2D eigenvalue weighted by Crippen LogP contribution is 2.26. The zero-order valence-corrected chi connectivity index (χ0v) is 15.2. The van der Waals surface area contributed by atoms with Crippen LogP contribution in [-0.4, -0.2) is 18.9 Å². The molecule has 0 heterocycles. The van der Waals surface area contributed by atoms with Crippen molar-refractivity contribution in [2.24, 2.45) is 0 Å². The fourth-order valence-electron chi connectivity index (χ4n) is 2.49. The fourth-order valence-corrected chi connectivity index (χ4v) is 2.86. The third kappa shape index (κ3) is 3.74. The van der Waals surface area contributed by atoms with Gasteiger partial charge in [-0.3, -0.25) is 20.4 Å². The molecule has 0 atom stereocenters. The number of methoxy groups -OCH3 is 1. The van der Waals surface area contributed by atoms with E-state index in [4.69, 9.17) is 27.9 Å². The molecule has 2 amide bonds. The average molecular weight is 389 g/mol. The number of rotatable bonds is 3. The number of halogens is 2. The second-order valence-electron chi connectivity index (χ2n) is 5.43. The first kappa shape index (κ1) is 18.0. The van der Waals surface area contributed by atoms with Gasteiger partial charge in [0.05, 0.1) is 23.3 Å². The summed E-state index contributed by atoms with van der Waals surface area (Å²) in [6.45, 7) is 0. The number of fused-ring (bicyclic) bond motifs is 1. The quantitative estimate of drug-likeness (QED) is 0.659. The molecular weight excluding hydrogens is 375 g/mol. The number of benzene rings is 3. The van der Waals surface area contributed by atoms with E-state index in [1.54, 1.807) is 18.2 Å². The lowest BCUT2D eigenvalue weighted by Crippen LogP contribution is -2.41. The topological polar surface area (TPSA) is 67.4 Å². The van der Waals surface area contributed by atoms with Crippen LogP contribution in [0.1, 0.15) is 20.7 Å². The van der Waals surface area contributed by atoms with Gasteiger partial charge in [0.15, 0.2) is 0 Å². The third-order valence-electron chi connectivity index (χ3n) is 3.78. The van der Waals surface area contributed by atoms with Crippen molar-refractivity contribution in [3.8, 4) is 5.75 Å². The third-order valence-corrected chi connectivity index (χ3v) is 4.34. The van der Waals surface area contributed by atoms with Crippen LogP contribution in [-0.2, 0) is 0 Å². The molecule has 0 saturated carbocycles. The number of amides is 2. The fraction of sp³-hybridized carbons (Fsp3) is 0.0526. The van der Waals surface area contributed by atoms with Crippen LogP contribution in [0.3, 0.4) is 0 Å². The van der Waals surface area contributed by atoms with Gasteiger partial charge in [-0.05, 0) is 41.1 Å². The van der Waals surface area contributed by atoms with Gasteiger partial charge >= 0.3 is 0 Å². The maximum Gasteiger partial charge on any atom is 0.273 e. The van der Waals surface area contributed by atoms with Gasteiger partial charge in [-0.25, -0.2) is 0 Å². The Morgan fingerprint density at radius 2 is 1.46 bits per heavy atom. The van der Waals surface area contributed by atoms with Crippen molar-refractivity contribution in [2.45, 2.75) is 0 Å². The maximum absolute atomic E-state index is 12.5. The molecule has 7 heteroatoms. The van der Waals surface area contributed by atoms with Crippen LogP contribution >= 0.6 is 23.2 Å². The van der Waals surface area contributed by atoms with Crippen molar-refractivity contribution in [3.05, 3.63) is 75.8 Å². The van der Waals surface area contributed by atoms with Crippen LogP contribution in [0.5, 0.6) is 5.75 Å². The summed E-state index contributed by atoms with van der Waals surface area (Å²) in [6, 6.07) is 15.5. The summed E-state index contributed by atoms with van der Waals surface area (Å²) < 4.78 is 5.29. The lowest BCUT2D eigenvalue weighted by molar-refractivity contribution is 0.0845. The van der Waals surface area contributed by atoms with Crippen LogP contribution in [0.25, 0.3) is 10.8 Å². The van der Waals surface area contributed by atoms with Gasteiger partial charge in [0, 0.05) is 5.02 Å². The van der Waals surface area contributed by atoms with Crippen molar-refractivity contribution in [3.63, 3.8) is 0 Å². The Hall–Kier alpha value is -2.76. The Labute approximate surface area is 159 Å². The zero-order valence-electron chi connectivity index (χ0n) is 13.7. The summed E-state index contributed by atoms with van der Waals surface area (Å²) >= 11 is 11.9. The summed E-state index contributed by atoms with van der Waals surface area (Å²) in [5.74, 6) is -0.694. The Balaban J connectivity index is 1.80. The summed E-state index contributed by atoms with van der Waals surface area (Å²) in [6.07, 6.45) is 0. The number of nitrogens with one attached hydrogen (secondary N) is 2. The Morgan fingerprint density at radius 3 is 2.12 bits per heavy atom. The standard InChI is InChI=1S/C19H14Cl2N2O3/c1-26-17-9-12-5-3-2-4-11(12)8-15(17)19(25)23-22-18(24)14-10-13(20)6-7-16(14)21/h2-10H,1H3,(H,22,24)(H,23,25). The van der Waals surface area contributed by atoms with Crippen molar-refractivity contribution in [2.75, 3.05) is 7.11 Å². The highest BCUT2D eigenvalue weighted by atomic mass is 35.5. The van der Waals surface area contributed by atoms with Gasteiger partial charge in [0.25, 0.3) is 11.8 Å². The zero-order chi connectivity index (χ0) is 18.7. The SMILES string of the molecule is COc1cc2ccccc2cc1C(=O)NNC(=O)c1cc(Cl)ccc1Cl. The van der Waals surface area contributed by atoms with E-state index in [1.807, 2.05) is 24.3 Å². The van der Waals surface area contributed by atoms with Crippen molar-refractivity contribution < 1.29 is 14.3 Å². The van der Waals surface area contributed by atoms with Gasteiger partial charge in [0.1, 0.15) is 5.75 Å². The van der Waals surface area contributed by atoms with Gasteiger partial charge in [0.2, 0.25) is 0 Å². The molecular formula is C19H14Cl2N2O3. The Morgan fingerprint density at radius 1 is 0.846 bits per heavy atom. The van der Waals surface area contributed by atoms with Crippen LogP contribution < -0.4 is 15.6 Å². The van der Waals surface area contributed by atoms with E-state index in [-0.39, 0.29) is 10.6 Å². The monoisotopic (exact) mass is 388 g/mol. The second-order valence-corrected chi connectivity index (χ2v) is 6.28. The molecule has 3 aromatic carbocycles. The summed E-state index contributed by atoms with van der Waals surface area (Å²) in [7, 11) is 1.48. The lowest BCUT2D eigenvalue weighted by atomic mass is 10.1. The molecule has 0 bridgehead atoms. The van der Waals surface area contributed by atoms with Crippen molar-refractivity contribution in [1.29, 1.82) is 0 Å². The number of hydrazine groups is 1. The van der Waals surface area contributed by atoms with Crippen LogP contribution in [0.4, 0.5) is 0 Å². The molecule has 132 valence electrons. The van der Waals surface area contributed by atoms with Gasteiger partial charge in [-0.15, -0.1) is 0 Å². The minimum atomic E-state index is -0.578. The molecule has 5 nitrogen and oxygen atoms in total. The van der Waals surface area contributed by atoms with Gasteiger partial charge in [-0.1, -0.05) is 47.5 Å². The first-order valence-corrected chi connectivity index (χ1v) is 8.37. The number of ether oxygens (including phenoxy) is 1. The molecule has 0 unspecified atom stereocenters. The lowest BCUT2D eigenvalue weighted by Gasteiger charge is -2.12. The highest BCUT2D eigenvalue weighted by molar-refractivity contribution is 6.35. The molecule has 3 aromatic rings. The van der Waals surface area contributed by atoms with Crippen LogP contribution in [0.2, 0.25) is 10.0 Å². The van der Waals surface area contributed by atoms with Gasteiger partial charge in [-0.2, -0.15) is 0 Å². The largest absolute Gasteiger partial charge is 0.496 e. The molecule has 0 aromatic heterocycles. The molecule has 3 rings (SSSR count). The predicted octanol–water partition coefficient (Wildman–Crippen LogP) is 4.23. The Kier molecular flexibility index (Phi) is 5.30. The molecule has 0 saturated heterocycles. The number of carbonyl (C=O) groups excluding carboxylic acids is 2. The van der Waals surface area contributed by atoms with E-state index in [1.165, 1.54) is 19.2 Å². The average Bonchev–Trinajstić information content (AvgIpc) is 2.66. The summed E-state index contributed by atoms with van der Waals surface area (Å²) in [5.41, 5.74) is 5.14. The van der Waals surface area contributed by atoms with Crippen molar-refractivity contribution in [1.82, 2.24) is 10.9 Å².